The molecule has 0 N–H and O–H groups in total. The predicted molar refractivity (Wildman–Crippen MR) is 51.0 cm³/mol. The van der Waals surface area contributed by atoms with Gasteiger partial charge in [-0.2, -0.15) is 4.39 Å². The summed E-state index contributed by atoms with van der Waals surface area (Å²) < 4.78 is 17.7. The number of esters is 1. The van der Waals surface area contributed by atoms with Crippen molar-refractivity contribution in [2.75, 3.05) is 0 Å². The topological polar surface area (TPSA) is 113 Å². The van der Waals surface area contributed by atoms with Crippen LogP contribution in [0.2, 0.25) is 0 Å². The van der Waals surface area contributed by atoms with Gasteiger partial charge in [0.05, 0.1) is 22.0 Å². The first-order valence-electron chi connectivity index (χ1n) is 4.13. The lowest BCUT2D eigenvalue weighted by Crippen LogP contribution is -2.04. The van der Waals surface area contributed by atoms with Gasteiger partial charge in [0, 0.05) is 6.92 Å². The molecule has 90 valence electrons. The molecule has 1 aromatic rings. The summed E-state index contributed by atoms with van der Waals surface area (Å²) in [4.78, 5) is 29.2. The van der Waals surface area contributed by atoms with E-state index in [-0.39, 0.29) is 0 Å². The van der Waals surface area contributed by atoms with Gasteiger partial charge in [-0.1, -0.05) is 0 Å². The lowest BCUT2D eigenvalue weighted by molar-refractivity contribution is -0.399. The summed E-state index contributed by atoms with van der Waals surface area (Å²) in [6.45, 7) is 1.00. The summed E-state index contributed by atoms with van der Waals surface area (Å²) in [7, 11) is 0. The minimum absolute atomic E-state index is 0.461. The minimum atomic E-state index is -1.59. The molecule has 9 heteroatoms. The Kier molecular flexibility index (Phi) is 3.31. The molecule has 17 heavy (non-hydrogen) atoms. The van der Waals surface area contributed by atoms with Crippen LogP contribution in [0.25, 0.3) is 0 Å². The number of hydrogen-bond acceptors (Lipinski definition) is 6. The Morgan fingerprint density at radius 1 is 1.24 bits per heavy atom. The van der Waals surface area contributed by atoms with Crippen LogP contribution < -0.4 is 4.74 Å². The first kappa shape index (κ1) is 12.5. The smallest absolute Gasteiger partial charge is 0.315 e. The van der Waals surface area contributed by atoms with Crippen LogP contribution in [0.4, 0.5) is 15.8 Å². The van der Waals surface area contributed by atoms with E-state index < -0.39 is 38.8 Å². The molecular weight excluding hydrogens is 239 g/mol. The third-order valence-corrected chi connectivity index (χ3v) is 1.66. The van der Waals surface area contributed by atoms with Crippen molar-refractivity contribution in [3.63, 3.8) is 0 Å². The molecule has 1 rings (SSSR count). The molecule has 0 aliphatic carbocycles. The van der Waals surface area contributed by atoms with Gasteiger partial charge in [0.15, 0.2) is 0 Å². The average Bonchev–Trinajstić information content (AvgIpc) is 2.18. The molecule has 0 saturated carbocycles. The number of nitro benzene ring substituents is 2. The number of hydrogen-bond donors (Lipinski definition) is 0. The van der Waals surface area contributed by atoms with E-state index in [9.17, 15) is 29.4 Å². The Labute approximate surface area is 92.9 Å². The van der Waals surface area contributed by atoms with Gasteiger partial charge in [0.25, 0.3) is 5.82 Å². The Bertz CT molecular complexity index is 480. The molecule has 1 aromatic carbocycles. The number of carbonyl (C=O) groups excluding carboxylic acids is 1. The molecule has 0 aliphatic heterocycles. The summed E-state index contributed by atoms with van der Waals surface area (Å²) in [5.41, 5.74) is -2.26. The Balaban J connectivity index is 3.41. The van der Waals surface area contributed by atoms with Crippen LogP contribution in [-0.2, 0) is 4.79 Å². The average molecular weight is 244 g/mol. The predicted octanol–water partition coefficient (Wildman–Crippen LogP) is 1.57. The Morgan fingerprint density at radius 3 is 1.94 bits per heavy atom. The molecule has 0 bridgehead atoms. The monoisotopic (exact) mass is 244 g/mol. The molecule has 0 aliphatic rings. The van der Waals surface area contributed by atoms with Crippen molar-refractivity contribution in [1.29, 1.82) is 0 Å². The van der Waals surface area contributed by atoms with Crippen LogP contribution in [0.5, 0.6) is 5.75 Å². The Hall–Kier alpha value is -2.58. The largest absolute Gasteiger partial charge is 0.426 e. The number of ether oxygens (including phenoxy) is 1. The van der Waals surface area contributed by atoms with Gasteiger partial charge in [-0.05, 0) is 0 Å². The highest BCUT2D eigenvalue weighted by molar-refractivity contribution is 5.70. The van der Waals surface area contributed by atoms with E-state index in [4.69, 9.17) is 0 Å². The number of benzene rings is 1. The summed E-state index contributed by atoms with van der Waals surface area (Å²) >= 11 is 0. The fourth-order valence-electron chi connectivity index (χ4n) is 1.06. The fourth-order valence-corrected chi connectivity index (χ4v) is 1.06. The molecule has 0 heterocycles. The Morgan fingerprint density at radius 2 is 1.65 bits per heavy atom. The van der Waals surface area contributed by atoms with E-state index in [1.165, 1.54) is 0 Å². The summed E-state index contributed by atoms with van der Waals surface area (Å²) in [5.74, 6) is -2.88. The SMILES string of the molecule is CC(=O)Oc1cc([N+](=O)[O-])c(F)c([N+](=O)[O-])c1. The summed E-state index contributed by atoms with van der Waals surface area (Å²) in [6.07, 6.45) is 0. The van der Waals surface area contributed by atoms with Crippen molar-refractivity contribution in [1.82, 2.24) is 0 Å². The van der Waals surface area contributed by atoms with E-state index in [1.807, 2.05) is 0 Å². The lowest BCUT2D eigenvalue weighted by Gasteiger charge is -2.02. The van der Waals surface area contributed by atoms with Crippen molar-refractivity contribution in [3.8, 4) is 5.75 Å². The van der Waals surface area contributed by atoms with Crippen molar-refractivity contribution >= 4 is 17.3 Å². The fraction of sp³-hybridized carbons (Fsp3) is 0.125. The molecule has 0 atom stereocenters. The van der Waals surface area contributed by atoms with E-state index in [0.717, 1.165) is 6.92 Å². The molecule has 8 nitrogen and oxygen atoms in total. The second-order valence-electron chi connectivity index (χ2n) is 2.88. The lowest BCUT2D eigenvalue weighted by atomic mass is 10.2. The summed E-state index contributed by atoms with van der Waals surface area (Å²) in [5, 5.41) is 20.9. The normalized spacial score (nSPS) is 9.76. The van der Waals surface area contributed by atoms with E-state index in [1.54, 1.807) is 0 Å². The maximum Gasteiger partial charge on any atom is 0.315 e. The number of nitro groups is 2. The van der Waals surface area contributed by atoms with Crippen LogP contribution in [0.15, 0.2) is 12.1 Å². The van der Waals surface area contributed by atoms with Crippen molar-refractivity contribution in [3.05, 3.63) is 38.2 Å². The number of halogens is 1. The minimum Gasteiger partial charge on any atom is -0.426 e. The van der Waals surface area contributed by atoms with Crippen LogP contribution in [0, 0.1) is 26.0 Å². The maximum atomic E-state index is 13.3. The van der Waals surface area contributed by atoms with Crippen LogP contribution in [-0.4, -0.2) is 15.8 Å². The highest BCUT2D eigenvalue weighted by atomic mass is 19.1. The molecule has 0 amide bonds. The highest BCUT2D eigenvalue weighted by Crippen LogP contribution is 2.31. The third kappa shape index (κ3) is 2.71. The molecule has 0 saturated heterocycles. The van der Waals surface area contributed by atoms with Crippen LogP contribution in [0.3, 0.4) is 0 Å². The number of rotatable bonds is 3. The standard InChI is InChI=1S/C8H5FN2O6/c1-4(12)17-5-2-6(10(13)14)8(9)7(3-5)11(15)16/h2-3H,1H3. The van der Waals surface area contributed by atoms with Gasteiger partial charge in [-0.3, -0.25) is 25.0 Å². The van der Waals surface area contributed by atoms with Gasteiger partial charge < -0.3 is 4.74 Å². The van der Waals surface area contributed by atoms with Crippen LogP contribution in [0.1, 0.15) is 6.92 Å². The number of carbonyl (C=O) groups is 1. The molecule has 0 spiro atoms. The first-order chi connectivity index (χ1) is 7.82. The second kappa shape index (κ2) is 4.51. The zero-order valence-corrected chi connectivity index (χ0v) is 8.38. The maximum absolute atomic E-state index is 13.3. The van der Waals surface area contributed by atoms with Gasteiger partial charge in [-0.25, -0.2) is 0 Å². The van der Waals surface area contributed by atoms with E-state index in [2.05, 4.69) is 4.74 Å². The van der Waals surface area contributed by atoms with Crippen molar-refractivity contribution in [2.45, 2.75) is 6.92 Å². The molecule has 0 unspecified atom stereocenters. The second-order valence-corrected chi connectivity index (χ2v) is 2.88. The van der Waals surface area contributed by atoms with Gasteiger partial charge >= 0.3 is 17.3 Å². The zero-order chi connectivity index (χ0) is 13.2. The van der Waals surface area contributed by atoms with Gasteiger partial charge in [0.2, 0.25) is 0 Å². The zero-order valence-electron chi connectivity index (χ0n) is 8.38. The van der Waals surface area contributed by atoms with Crippen LogP contribution >= 0.6 is 0 Å². The van der Waals surface area contributed by atoms with E-state index >= 15 is 0 Å². The third-order valence-electron chi connectivity index (χ3n) is 1.66. The summed E-state index contributed by atoms with van der Waals surface area (Å²) in [6, 6.07) is 1.20. The number of nitrogens with zero attached hydrogens (tertiary/aromatic N) is 2. The van der Waals surface area contributed by atoms with Gasteiger partial charge in [-0.15, -0.1) is 0 Å². The molecular formula is C8H5FN2O6. The van der Waals surface area contributed by atoms with Crippen molar-refractivity contribution in [2.24, 2.45) is 0 Å². The van der Waals surface area contributed by atoms with Crippen molar-refractivity contribution < 1.29 is 23.8 Å². The molecule has 0 radical (unpaired) electrons. The quantitative estimate of drug-likeness (QED) is 0.345. The van der Waals surface area contributed by atoms with Gasteiger partial charge in [0.1, 0.15) is 5.75 Å². The highest BCUT2D eigenvalue weighted by Gasteiger charge is 2.27. The molecule has 0 aromatic heterocycles. The van der Waals surface area contributed by atoms with E-state index in [0.29, 0.717) is 12.1 Å². The molecule has 0 fully saturated rings. The first-order valence-corrected chi connectivity index (χ1v) is 4.13.